The lowest BCUT2D eigenvalue weighted by Gasteiger charge is -2.25. The SMILES string of the molecule is CC(NC(=O)C(NC(=O)C(N)C(C)C)C(C)O)C(=O)NC(CS)C(=O)O. The second-order valence-corrected chi connectivity index (χ2v) is 6.67. The van der Waals surface area contributed by atoms with Gasteiger partial charge in [0.2, 0.25) is 17.7 Å². The average molecular weight is 392 g/mol. The number of aliphatic hydroxyl groups excluding tert-OH is 1. The number of aliphatic hydroxyl groups is 1. The first kappa shape index (κ1) is 24.1. The standard InChI is InChI=1S/C15H28N4O6S/c1-6(2)10(16)13(22)19-11(8(4)20)14(23)17-7(3)12(21)18-9(5-26)15(24)25/h6-11,20,26H,5,16H2,1-4H3,(H,17,23)(H,18,21)(H,19,22)(H,24,25). The third kappa shape index (κ3) is 7.58. The van der Waals surface area contributed by atoms with Crippen LogP contribution in [0.5, 0.6) is 0 Å². The van der Waals surface area contributed by atoms with Crippen LogP contribution < -0.4 is 21.7 Å². The molecule has 26 heavy (non-hydrogen) atoms. The number of thiol groups is 1. The fourth-order valence-electron chi connectivity index (χ4n) is 1.81. The molecule has 150 valence electrons. The van der Waals surface area contributed by atoms with Gasteiger partial charge in [0.05, 0.1) is 12.1 Å². The van der Waals surface area contributed by atoms with Crippen molar-refractivity contribution < 1.29 is 29.4 Å². The largest absolute Gasteiger partial charge is 0.480 e. The van der Waals surface area contributed by atoms with Crippen molar-refractivity contribution in [2.45, 2.75) is 58.0 Å². The molecule has 0 saturated heterocycles. The summed E-state index contributed by atoms with van der Waals surface area (Å²) in [5.41, 5.74) is 5.70. The average Bonchev–Trinajstić information content (AvgIpc) is 2.54. The van der Waals surface area contributed by atoms with Gasteiger partial charge in [0.25, 0.3) is 0 Å². The first-order chi connectivity index (χ1) is 11.9. The second kappa shape index (κ2) is 11.0. The first-order valence-corrected chi connectivity index (χ1v) is 8.74. The third-order valence-corrected chi connectivity index (χ3v) is 4.00. The van der Waals surface area contributed by atoms with Crippen LogP contribution in [0.3, 0.4) is 0 Å². The molecule has 11 heteroatoms. The minimum atomic E-state index is -1.32. The lowest BCUT2D eigenvalue weighted by atomic mass is 10.0. The molecule has 0 aromatic heterocycles. The van der Waals surface area contributed by atoms with Gasteiger partial charge in [-0.05, 0) is 19.8 Å². The lowest BCUT2D eigenvalue weighted by Crippen LogP contribution is -2.59. The zero-order valence-corrected chi connectivity index (χ0v) is 16.1. The first-order valence-electron chi connectivity index (χ1n) is 8.10. The number of carbonyl (C=O) groups is 4. The summed E-state index contributed by atoms with van der Waals surface area (Å²) in [5.74, 6) is -3.71. The molecule has 0 aliphatic heterocycles. The van der Waals surface area contributed by atoms with E-state index in [1.165, 1.54) is 13.8 Å². The predicted octanol–water partition coefficient (Wildman–Crippen LogP) is -2.16. The zero-order chi connectivity index (χ0) is 20.6. The Morgan fingerprint density at radius 1 is 0.962 bits per heavy atom. The van der Waals surface area contributed by atoms with Crippen LogP contribution in [0, 0.1) is 5.92 Å². The summed E-state index contributed by atoms with van der Waals surface area (Å²) in [6.07, 6.45) is -1.24. The van der Waals surface area contributed by atoms with Gasteiger partial charge in [0.15, 0.2) is 0 Å². The Morgan fingerprint density at radius 2 is 1.50 bits per heavy atom. The van der Waals surface area contributed by atoms with Crippen molar-refractivity contribution in [2.75, 3.05) is 5.75 Å². The molecule has 5 atom stereocenters. The fourth-order valence-corrected chi connectivity index (χ4v) is 2.06. The van der Waals surface area contributed by atoms with E-state index in [1.54, 1.807) is 13.8 Å². The molecule has 0 spiro atoms. The molecule has 5 unspecified atom stereocenters. The highest BCUT2D eigenvalue weighted by atomic mass is 32.1. The fraction of sp³-hybridized carbons (Fsp3) is 0.733. The van der Waals surface area contributed by atoms with E-state index in [2.05, 4.69) is 28.6 Å². The normalized spacial score (nSPS) is 16.8. The lowest BCUT2D eigenvalue weighted by molar-refractivity contribution is -0.141. The number of hydrogen-bond acceptors (Lipinski definition) is 7. The molecule has 0 heterocycles. The zero-order valence-electron chi connectivity index (χ0n) is 15.2. The minimum Gasteiger partial charge on any atom is -0.480 e. The highest BCUT2D eigenvalue weighted by molar-refractivity contribution is 7.80. The molecule has 0 aromatic rings. The van der Waals surface area contributed by atoms with Gasteiger partial charge in [-0.15, -0.1) is 0 Å². The number of aliphatic carboxylic acids is 1. The quantitative estimate of drug-likeness (QED) is 0.207. The molecule has 10 nitrogen and oxygen atoms in total. The number of carboxylic acids is 1. The van der Waals surface area contributed by atoms with Crippen LogP contribution in [0.15, 0.2) is 0 Å². The molecule has 0 rings (SSSR count). The molecule has 7 N–H and O–H groups in total. The van der Waals surface area contributed by atoms with E-state index in [0.29, 0.717) is 0 Å². The van der Waals surface area contributed by atoms with E-state index in [4.69, 9.17) is 10.8 Å². The van der Waals surface area contributed by atoms with Crippen LogP contribution in [0.2, 0.25) is 0 Å². The number of hydrogen-bond donors (Lipinski definition) is 7. The molecule has 0 aliphatic rings. The summed E-state index contributed by atoms with van der Waals surface area (Å²) >= 11 is 3.83. The Balaban J connectivity index is 4.92. The maximum atomic E-state index is 12.3. The number of nitrogens with two attached hydrogens (primary N) is 1. The third-order valence-electron chi connectivity index (χ3n) is 3.63. The van der Waals surface area contributed by atoms with Gasteiger partial charge in [-0.3, -0.25) is 14.4 Å². The Bertz CT molecular complexity index is 528. The summed E-state index contributed by atoms with van der Waals surface area (Å²) in [6, 6.07) is -4.48. The van der Waals surface area contributed by atoms with Crippen molar-refractivity contribution in [3.05, 3.63) is 0 Å². The summed E-state index contributed by atoms with van der Waals surface area (Å²) in [5, 5.41) is 25.5. The van der Waals surface area contributed by atoms with Crippen molar-refractivity contribution in [1.29, 1.82) is 0 Å². The smallest absolute Gasteiger partial charge is 0.327 e. The summed E-state index contributed by atoms with van der Waals surface area (Å²) in [7, 11) is 0. The summed E-state index contributed by atoms with van der Waals surface area (Å²) in [4.78, 5) is 47.2. The van der Waals surface area contributed by atoms with Crippen molar-refractivity contribution in [1.82, 2.24) is 16.0 Å². The van der Waals surface area contributed by atoms with E-state index in [0.717, 1.165) is 0 Å². The maximum Gasteiger partial charge on any atom is 0.327 e. The van der Waals surface area contributed by atoms with Crippen LogP contribution in [-0.2, 0) is 19.2 Å². The molecule has 0 radical (unpaired) electrons. The highest BCUT2D eigenvalue weighted by Gasteiger charge is 2.31. The summed E-state index contributed by atoms with van der Waals surface area (Å²) < 4.78 is 0. The number of amides is 3. The molecular formula is C15H28N4O6S. The Labute approximate surface area is 157 Å². The molecule has 0 fully saturated rings. The second-order valence-electron chi connectivity index (χ2n) is 6.31. The van der Waals surface area contributed by atoms with Crippen LogP contribution in [0.25, 0.3) is 0 Å². The van der Waals surface area contributed by atoms with Gasteiger partial charge in [-0.25, -0.2) is 4.79 Å². The Morgan fingerprint density at radius 3 is 1.88 bits per heavy atom. The molecule has 0 bridgehead atoms. The van der Waals surface area contributed by atoms with E-state index >= 15 is 0 Å². The minimum absolute atomic E-state index is 0.124. The number of carbonyl (C=O) groups excluding carboxylic acids is 3. The topological polar surface area (TPSA) is 171 Å². The monoisotopic (exact) mass is 392 g/mol. The van der Waals surface area contributed by atoms with Crippen LogP contribution >= 0.6 is 12.6 Å². The Kier molecular flexibility index (Phi) is 10.2. The van der Waals surface area contributed by atoms with E-state index in [9.17, 15) is 24.3 Å². The Hall–Kier alpha value is -1.85. The van der Waals surface area contributed by atoms with Crippen LogP contribution in [-0.4, -0.2) is 69.9 Å². The molecule has 0 aromatic carbocycles. The van der Waals surface area contributed by atoms with Crippen molar-refractivity contribution in [3.63, 3.8) is 0 Å². The van der Waals surface area contributed by atoms with E-state index in [-0.39, 0.29) is 11.7 Å². The number of rotatable bonds is 10. The molecule has 3 amide bonds. The van der Waals surface area contributed by atoms with Gasteiger partial charge in [-0.2, -0.15) is 12.6 Å². The van der Waals surface area contributed by atoms with Crippen molar-refractivity contribution >= 4 is 36.3 Å². The number of nitrogens with one attached hydrogen (secondary N) is 3. The van der Waals surface area contributed by atoms with E-state index in [1.807, 2.05) is 0 Å². The van der Waals surface area contributed by atoms with Crippen molar-refractivity contribution in [3.8, 4) is 0 Å². The van der Waals surface area contributed by atoms with Gasteiger partial charge in [0.1, 0.15) is 18.1 Å². The predicted molar refractivity (Wildman–Crippen MR) is 97.4 cm³/mol. The van der Waals surface area contributed by atoms with Crippen LogP contribution in [0.1, 0.15) is 27.7 Å². The summed E-state index contributed by atoms with van der Waals surface area (Å²) in [6.45, 7) is 6.10. The molecular weight excluding hydrogens is 364 g/mol. The van der Waals surface area contributed by atoms with Gasteiger partial charge in [0, 0.05) is 5.75 Å². The van der Waals surface area contributed by atoms with Gasteiger partial charge >= 0.3 is 5.97 Å². The highest BCUT2D eigenvalue weighted by Crippen LogP contribution is 2.01. The van der Waals surface area contributed by atoms with Crippen LogP contribution in [0.4, 0.5) is 0 Å². The number of carboxylic acid groups (broad SMARTS) is 1. The van der Waals surface area contributed by atoms with Gasteiger partial charge < -0.3 is 31.9 Å². The van der Waals surface area contributed by atoms with Crippen molar-refractivity contribution in [2.24, 2.45) is 11.7 Å². The van der Waals surface area contributed by atoms with Gasteiger partial charge in [-0.1, -0.05) is 13.8 Å². The van der Waals surface area contributed by atoms with E-state index < -0.39 is 54.0 Å². The molecule has 0 aliphatic carbocycles. The molecule has 0 saturated carbocycles. The maximum absolute atomic E-state index is 12.3.